The van der Waals surface area contributed by atoms with E-state index >= 15 is 0 Å². The van der Waals surface area contributed by atoms with Crippen molar-refractivity contribution in [3.8, 4) is 11.3 Å². The molecule has 0 aliphatic rings. The normalized spacial score (nSPS) is 10.2. The van der Waals surface area contributed by atoms with Gasteiger partial charge in [0, 0.05) is 36.8 Å². The van der Waals surface area contributed by atoms with E-state index in [0.717, 1.165) is 16.9 Å². The Morgan fingerprint density at radius 3 is 2.40 bits per heavy atom. The number of aromatic nitrogens is 3. The molecular weight excluding hydrogens is 318 g/mol. The van der Waals surface area contributed by atoms with Gasteiger partial charge in [0.05, 0.1) is 18.4 Å². The summed E-state index contributed by atoms with van der Waals surface area (Å²) in [4.78, 5) is 24.4. The summed E-state index contributed by atoms with van der Waals surface area (Å²) >= 11 is 0. The number of hydrogen-bond donors (Lipinski definition) is 2. The SMILES string of the molecule is CNc1nc(Nc2ccc(C(=O)OC)cc2)cc(-c2ccncc2)n1. The van der Waals surface area contributed by atoms with Crippen LogP contribution in [-0.4, -0.2) is 35.1 Å². The van der Waals surface area contributed by atoms with Gasteiger partial charge in [-0.05, 0) is 36.4 Å². The molecule has 126 valence electrons. The van der Waals surface area contributed by atoms with Gasteiger partial charge in [0.25, 0.3) is 0 Å². The quantitative estimate of drug-likeness (QED) is 0.692. The van der Waals surface area contributed by atoms with Crippen molar-refractivity contribution in [2.24, 2.45) is 0 Å². The van der Waals surface area contributed by atoms with Gasteiger partial charge in [-0.3, -0.25) is 4.98 Å². The van der Waals surface area contributed by atoms with E-state index in [0.29, 0.717) is 17.3 Å². The van der Waals surface area contributed by atoms with E-state index in [1.54, 1.807) is 43.7 Å². The van der Waals surface area contributed by atoms with Crippen LogP contribution in [0, 0.1) is 0 Å². The predicted octanol–water partition coefficient (Wildman–Crippen LogP) is 3.11. The second-order valence-corrected chi connectivity index (χ2v) is 5.14. The molecule has 0 unspecified atom stereocenters. The molecule has 0 saturated carbocycles. The first-order valence-corrected chi connectivity index (χ1v) is 7.62. The monoisotopic (exact) mass is 335 g/mol. The van der Waals surface area contributed by atoms with Crippen molar-refractivity contribution >= 4 is 23.4 Å². The van der Waals surface area contributed by atoms with E-state index in [1.165, 1.54) is 7.11 Å². The summed E-state index contributed by atoms with van der Waals surface area (Å²) in [7, 11) is 3.12. The van der Waals surface area contributed by atoms with E-state index < -0.39 is 0 Å². The molecule has 7 nitrogen and oxygen atoms in total. The van der Waals surface area contributed by atoms with Crippen LogP contribution in [0.1, 0.15) is 10.4 Å². The van der Waals surface area contributed by atoms with E-state index in [-0.39, 0.29) is 5.97 Å². The third kappa shape index (κ3) is 3.89. The average Bonchev–Trinajstić information content (AvgIpc) is 2.68. The largest absolute Gasteiger partial charge is 0.465 e. The zero-order valence-corrected chi connectivity index (χ0v) is 13.9. The maximum Gasteiger partial charge on any atom is 0.337 e. The van der Waals surface area contributed by atoms with Gasteiger partial charge in [-0.15, -0.1) is 0 Å². The zero-order valence-electron chi connectivity index (χ0n) is 13.9. The molecule has 2 N–H and O–H groups in total. The third-order valence-corrected chi connectivity index (χ3v) is 3.50. The molecular formula is C18H17N5O2. The van der Waals surface area contributed by atoms with Gasteiger partial charge in [-0.1, -0.05) is 0 Å². The lowest BCUT2D eigenvalue weighted by atomic mass is 10.2. The van der Waals surface area contributed by atoms with Gasteiger partial charge < -0.3 is 15.4 Å². The van der Waals surface area contributed by atoms with Gasteiger partial charge in [0.1, 0.15) is 5.82 Å². The van der Waals surface area contributed by atoms with Crippen LogP contribution in [0.2, 0.25) is 0 Å². The summed E-state index contributed by atoms with van der Waals surface area (Å²) in [6.45, 7) is 0. The van der Waals surface area contributed by atoms with Crippen molar-refractivity contribution in [2.45, 2.75) is 0 Å². The van der Waals surface area contributed by atoms with Crippen LogP contribution in [0.5, 0.6) is 0 Å². The fourth-order valence-electron chi connectivity index (χ4n) is 2.25. The molecule has 0 aliphatic heterocycles. The van der Waals surface area contributed by atoms with Crippen molar-refractivity contribution in [3.63, 3.8) is 0 Å². The fourth-order valence-corrected chi connectivity index (χ4v) is 2.25. The minimum Gasteiger partial charge on any atom is -0.465 e. The first-order valence-electron chi connectivity index (χ1n) is 7.62. The predicted molar refractivity (Wildman–Crippen MR) is 95.9 cm³/mol. The number of nitrogens with zero attached hydrogens (tertiary/aromatic N) is 3. The van der Waals surface area contributed by atoms with Crippen molar-refractivity contribution in [2.75, 3.05) is 24.8 Å². The molecule has 0 saturated heterocycles. The van der Waals surface area contributed by atoms with Crippen LogP contribution in [0.3, 0.4) is 0 Å². The number of pyridine rings is 1. The number of esters is 1. The maximum absolute atomic E-state index is 11.5. The highest BCUT2D eigenvalue weighted by Crippen LogP contribution is 2.23. The van der Waals surface area contributed by atoms with Gasteiger partial charge in [0.2, 0.25) is 5.95 Å². The summed E-state index contributed by atoms with van der Waals surface area (Å²) in [5.41, 5.74) is 3.01. The number of hydrogen-bond acceptors (Lipinski definition) is 7. The first kappa shape index (κ1) is 16.4. The van der Waals surface area contributed by atoms with Gasteiger partial charge in [-0.2, -0.15) is 4.98 Å². The Labute approximate surface area is 145 Å². The lowest BCUT2D eigenvalue weighted by Crippen LogP contribution is -2.03. The Hall–Kier alpha value is -3.48. The van der Waals surface area contributed by atoms with Crippen LogP contribution < -0.4 is 10.6 Å². The van der Waals surface area contributed by atoms with E-state index in [9.17, 15) is 4.79 Å². The number of nitrogens with one attached hydrogen (secondary N) is 2. The zero-order chi connectivity index (χ0) is 17.6. The van der Waals surface area contributed by atoms with Crippen molar-refractivity contribution in [3.05, 3.63) is 60.4 Å². The number of rotatable bonds is 5. The summed E-state index contributed by atoms with van der Waals surface area (Å²) in [5.74, 6) is 0.769. The molecule has 0 spiro atoms. The number of carbonyl (C=O) groups is 1. The van der Waals surface area contributed by atoms with Crippen molar-refractivity contribution < 1.29 is 9.53 Å². The first-order chi connectivity index (χ1) is 12.2. The summed E-state index contributed by atoms with van der Waals surface area (Å²) in [6.07, 6.45) is 3.43. The van der Waals surface area contributed by atoms with Gasteiger partial charge >= 0.3 is 5.97 Å². The molecule has 2 aromatic heterocycles. The number of carbonyl (C=O) groups excluding carboxylic acids is 1. The number of ether oxygens (including phenoxy) is 1. The topological polar surface area (TPSA) is 89.0 Å². The molecule has 0 bridgehead atoms. The standard InChI is InChI=1S/C18H17N5O2/c1-19-18-22-15(12-7-9-20-10-8-12)11-16(23-18)21-14-5-3-13(4-6-14)17(24)25-2/h3-11H,1-2H3,(H2,19,21,22,23). The molecule has 0 atom stereocenters. The Kier molecular flexibility index (Phi) is 4.84. The Balaban J connectivity index is 1.88. The Morgan fingerprint density at radius 1 is 1.04 bits per heavy atom. The molecule has 0 amide bonds. The summed E-state index contributed by atoms with van der Waals surface area (Å²) in [6, 6.07) is 12.6. The molecule has 7 heteroatoms. The highest BCUT2D eigenvalue weighted by molar-refractivity contribution is 5.89. The minimum atomic E-state index is -0.369. The minimum absolute atomic E-state index is 0.369. The number of methoxy groups -OCH3 is 1. The Bertz CT molecular complexity index is 866. The van der Waals surface area contributed by atoms with Gasteiger partial charge in [-0.25, -0.2) is 9.78 Å². The lowest BCUT2D eigenvalue weighted by molar-refractivity contribution is 0.0601. The van der Waals surface area contributed by atoms with E-state index in [4.69, 9.17) is 4.74 Å². The van der Waals surface area contributed by atoms with Crippen LogP contribution in [0.4, 0.5) is 17.5 Å². The van der Waals surface area contributed by atoms with Crippen LogP contribution in [-0.2, 0) is 4.74 Å². The van der Waals surface area contributed by atoms with Crippen molar-refractivity contribution in [1.82, 2.24) is 15.0 Å². The lowest BCUT2D eigenvalue weighted by Gasteiger charge is -2.10. The maximum atomic E-state index is 11.5. The molecule has 3 rings (SSSR count). The second-order valence-electron chi connectivity index (χ2n) is 5.14. The molecule has 0 fully saturated rings. The van der Waals surface area contributed by atoms with Gasteiger partial charge in [0.15, 0.2) is 0 Å². The number of benzene rings is 1. The average molecular weight is 335 g/mol. The smallest absolute Gasteiger partial charge is 0.337 e. The van der Waals surface area contributed by atoms with Crippen LogP contribution >= 0.6 is 0 Å². The highest BCUT2D eigenvalue weighted by atomic mass is 16.5. The molecule has 0 radical (unpaired) electrons. The van der Waals surface area contributed by atoms with E-state index in [1.807, 2.05) is 18.2 Å². The summed E-state index contributed by atoms with van der Waals surface area (Å²) < 4.78 is 4.70. The van der Waals surface area contributed by atoms with Crippen LogP contribution in [0.15, 0.2) is 54.9 Å². The molecule has 1 aromatic carbocycles. The molecule has 0 aliphatic carbocycles. The van der Waals surface area contributed by atoms with Crippen molar-refractivity contribution in [1.29, 1.82) is 0 Å². The Morgan fingerprint density at radius 2 is 1.76 bits per heavy atom. The summed E-state index contributed by atoms with van der Waals surface area (Å²) in [5, 5.41) is 6.17. The highest BCUT2D eigenvalue weighted by Gasteiger charge is 2.08. The molecule has 3 aromatic rings. The van der Waals surface area contributed by atoms with Crippen LogP contribution in [0.25, 0.3) is 11.3 Å². The molecule has 25 heavy (non-hydrogen) atoms. The number of anilines is 3. The third-order valence-electron chi connectivity index (χ3n) is 3.50. The fraction of sp³-hybridized carbons (Fsp3) is 0.111. The second kappa shape index (κ2) is 7.39. The molecule has 2 heterocycles. The van der Waals surface area contributed by atoms with E-state index in [2.05, 4.69) is 25.6 Å².